The molecule has 2 nitrogen and oxygen atoms in total. The number of benzene rings is 2. The van der Waals surface area contributed by atoms with Crippen LogP contribution >= 0.6 is 0 Å². The first-order chi connectivity index (χ1) is 10.0. The van der Waals surface area contributed by atoms with Gasteiger partial charge in [-0.2, -0.15) is 0 Å². The van der Waals surface area contributed by atoms with Crippen molar-refractivity contribution < 1.29 is 13.0 Å². The van der Waals surface area contributed by atoms with Crippen molar-refractivity contribution in [2.75, 3.05) is 12.8 Å². The van der Waals surface area contributed by atoms with Crippen LogP contribution in [0.25, 0.3) is 0 Å². The summed E-state index contributed by atoms with van der Waals surface area (Å²) in [4.78, 5) is 0.294. The van der Waals surface area contributed by atoms with Crippen LogP contribution in [-0.2, 0) is 10.8 Å². The maximum Gasteiger partial charge on any atom is 0.160 e. The number of rotatable bonds is 5. The summed E-state index contributed by atoms with van der Waals surface area (Å²) in [5.41, 5.74) is 2.15. The van der Waals surface area contributed by atoms with E-state index in [1.807, 2.05) is 31.2 Å². The highest BCUT2D eigenvalue weighted by Crippen LogP contribution is 2.21. The minimum atomic E-state index is -1.41. The van der Waals surface area contributed by atoms with Crippen LogP contribution in [0.5, 0.6) is 0 Å². The van der Waals surface area contributed by atoms with Crippen molar-refractivity contribution in [1.29, 1.82) is 0 Å². The Bertz CT molecular complexity index is 660. The second-order valence-corrected chi connectivity index (χ2v) is 6.28. The first-order valence-corrected chi connectivity index (χ1v) is 7.91. The van der Waals surface area contributed by atoms with Crippen LogP contribution < -0.4 is 5.32 Å². The molecule has 1 N–H and O–H groups in total. The first-order valence-electron chi connectivity index (χ1n) is 6.59. The van der Waals surface area contributed by atoms with Gasteiger partial charge in [0.05, 0.1) is 10.8 Å². The molecule has 0 radical (unpaired) electrons. The molecule has 5 heteroatoms. The highest BCUT2D eigenvalue weighted by molar-refractivity contribution is 7.85. The fourth-order valence-electron chi connectivity index (χ4n) is 2.17. The van der Waals surface area contributed by atoms with E-state index < -0.39 is 22.4 Å². The average Bonchev–Trinajstić information content (AvgIpc) is 2.48. The lowest BCUT2D eigenvalue weighted by molar-refractivity contribution is 0.505. The van der Waals surface area contributed by atoms with E-state index in [1.165, 1.54) is 6.07 Å². The minimum Gasteiger partial charge on any atom is -0.312 e. The van der Waals surface area contributed by atoms with Gasteiger partial charge in [-0.25, -0.2) is 8.78 Å². The third kappa shape index (κ3) is 3.74. The molecule has 0 fully saturated rings. The average molecular weight is 309 g/mol. The third-order valence-electron chi connectivity index (χ3n) is 3.38. The van der Waals surface area contributed by atoms with Crippen LogP contribution in [0.15, 0.2) is 47.4 Å². The zero-order valence-electron chi connectivity index (χ0n) is 11.9. The molecule has 0 spiro atoms. The Kier molecular flexibility index (Phi) is 5.20. The predicted octanol–water partition coefficient (Wildman–Crippen LogP) is 3.34. The van der Waals surface area contributed by atoms with Crippen molar-refractivity contribution in [2.45, 2.75) is 17.9 Å². The summed E-state index contributed by atoms with van der Waals surface area (Å²) in [5.74, 6) is -1.61. The quantitative estimate of drug-likeness (QED) is 0.918. The number of nitrogens with one attached hydrogen (secondary N) is 1. The van der Waals surface area contributed by atoms with Gasteiger partial charge in [0.2, 0.25) is 0 Å². The molecule has 112 valence electrons. The summed E-state index contributed by atoms with van der Waals surface area (Å²) in [7, 11) is 0.381. The number of hydrogen-bond donors (Lipinski definition) is 1. The lowest BCUT2D eigenvalue weighted by Gasteiger charge is -2.18. The first kappa shape index (κ1) is 15.8. The van der Waals surface area contributed by atoms with Gasteiger partial charge in [0, 0.05) is 16.7 Å². The van der Waals surface area contributed by atoms with Gasteiger partial charge in [0.25, 0.3) is 0 Å². The van der Waals surface area contributed by atoms with E-state index in [-0.39, 0.29) is 6.04 Å². The molecule has 2 unspecified atom stereocenters. The van der Waals surface area contributed by atoms with Crippen LogP contribution in [0, 0.1) is 18.6 Å². The van der Waals surface area contributed by atoms with Gasteiger partial charge in [-0.05, 0) is 43.3 Å². The summed E-state index contributed by atoms with van der Waals surface area (Å²) in [6, 6.07) is 11.1. The Morgan fingerprint density at radius 1 is 1.14 bits per heavy atom. The lowest BCUT2D eigenvalue weighted by Crippen LogP contribution is -2.23. The Hall–Kier alpha value is -1.59. The molecule has 0 amide bonds. The van der Waals surface area contributed by atoms with Crippen molar-refractivity contribution in [2.24, 2.45) is 0 Å². The van der Waals surface area contributed by atoms with E-state index in [0.717, 1.165) is 23.3 Å². The van der Waals surface area contributed by atoms with E-state index in [0.29, 0.717) is 10.6 Å². The van der Waals surface area contributed by atoms with Crippen molar-refractivity contribution in [3.05, 3.63) is 65.2 Å². The number of aryl methyl sites for hydroxylation is 1. The van der Waals surface area contributed by atoms with E-state index in [2.05, 4.69) is 5.32 Å². The molecule has 2 rings (SSSR count). The summed E-state index contributed by atoms with van der Waals surface area (Å²) in [5, 5.41) is 3.12. The summed E-state index contributed by atoms with van der Waals surface area (Å²) < 4.78 is 38.5. The fraction of sp³-hybridized carbons (Fsp3) is 0.250. The van der Waals surface area contributed by atoms with Crippen LogP contribution in [0.1, 0.15) is 17.2 Å². The molecule has 0 aliphatic heterocycles. The second kappa shape index (κ2) is 6.91. The summed E-state index contributed by atoms with van der Waals surface area (Å²) in [6.07, 6.45) is 0. The maximum atomic E-state index is 13.2. The second-order valence-electron chi connectivity index (χ2n) is 4.79. The van der Waals surface area contributed by atoms with Crippen LogP contribution in [0.2, 0.25) is 0 Å². The maximum absolute atomic E-state index is 13.2. The molecule has 0 heterocycles. The van der Waals surface area contributed by atoms with E-state index >= 15 is 0 Å². The topological polar surface area (TPSA) is 29.1 Å². The van der Waals surface area contributed by atoms with Crippen molar-refractivity contribution in [3.63, 3.8) is 0 Å². The standard InChI is InChI=1S/C16H17F2NOS/c1-11-5-3-4-6-13(11)16(19-2)10-21(20)12-7-8-14(17)15(18)9-12/h3-9,16,19H,10H2,1-2H3. The monoisotopic (exact) mass is 309 g/mol. The van der Waals surface area contributed by atoms with Crippen molar-refractivity contribution in [3.8, 4) is 0 Å². The van der Waals surface area contributed by atoms with Crippen LogP contribution in [0.4, 0.5) is 8.78 Å². The van der Waals surface area contributed by atoms with Gasteiger partial charge in [-0.1, -0.05) is 24.3 Å². The highest BCUT2D eigenvalue weighted by Gasteiger charge is 2.17. The SMILES string of the molecule is CNC(CS(=O)c1ccc(F)c(F)c1)c1ccccc1C. The smallest absolute Gasteiger partial charge is 0.160 e. The third-order valence-corrected chi connectivity index (χ3v) is 4.80. The van der Waals surface area contributed by atoms with Gasteiger partial charge in [0.1, 0.15) is 0 Å². The Morgan fingerprint density at radius 3 is 2.48 bits per heavy atom. The normalized spacial score (nSPS) is 13.9. The predicted molar refractivity (Wildman–Crippen MR) is 80.6 cm³/mol. The molecule has 0 saturated carbocycles. The van der Waals surface area contributed by atoms with E-state index in [9.17, 15) is 13.0 Å². The Morgan fingerprint density at radius 2 is 1.86 bits per heavy atom. The molecule has 0 saturated heterocycles. The zero-order valence-corrected chi connectivity index (χ0v) is 12.7. The summed E-state index contributed by atoms with van der Waals surface area (Å²) in [6.45, 7) is 1.99. The molecular weight excluding hydrogens is 292 g/mol. The van der Waals surface area contributed by atoms with Gasteiger partial charge in [-0.15, -0.1) is 0 Å². The molecular formula is C16H17F2NOS. The molecule has 2 aromatic rings. The Labute approximate surface area is 125 Å². The van der Waals surface area contributed by atoms with E-state index in [1.54, 1.807) is 7.05 Å². The Balaban J connectivity index is 2.20. The van der Waals surface area contributed by atoms with Crippen LogP contribution in [-0.4, -0.2) is 17.0 Å². The fourth-order valence-corrected chi connectivity index (χ4v) is 3.47. The molecule has 0 aliphatic carbocycles. The highest BCUT2D eigenvalue weighted by atomic mass is 32.2. The molecule has 0 bridgehead atoms. The lowest BCUT2D eigenvalue weighted by atomic mass is 10.0. The van der Waals surface area contributed by atoms with Gasteiger partial charge in [-0.3, -0.25) is 4.21 Å². The molecule has 0 aromatic heterocycles. The largest absolute Gasteiger partial charge is 0.312 e. The van der Waals surface area contributed by atoms with Gasteiger partial charge >= 0.3 is 0 Å². The molecule has 21 heavy (non-hydrogen) atoms. The molecule has 0 aliphatic rings. The zero-order chi connectivity index (χ0) is 15.4. The van der Waals surface area contributed by atoms with Gasteiger partial charge < -0.3 is 5.32 Å². The van der Waals surface area contributed by atoms with Crippen molar-refractivity contribution in [1.82, 2.24) is 5.32 Å². The number of hydrogen-bond acceptors (Lipinski definition) is 2. The molecule has 2 aromatic carbocycles. The number of halogens is 2. The van der Waals surface area contributed by atoms with Crippen LogP contribution in [0.3, 0.4) is 0 Å². The molecule has 2 atom stereocenters. The van der Waals surface area contributed by atoms with Crippen molar-refractivity contribution >= 4 is 10.8 Å². The van der Waals surface area contributed by atoms with E-state index in [4.69, 9.17) is 0 Å². The summed E-state index contributed by atoms with van der Waals surface area (Å²) >= 11 is 0. The van der Waals surface area contributed by atoms with Gasteiger partial charge in [0.15, 0.2) is 11.6 Å². The minimum absolute atomic E-state index is 0.111.